The maximum Gasteiger partial charge on any atom is 0.135 e. The molecule has 2 heteroatoms. The number of nitrogen functional groups attached to an aromatic ring is 1. The minimum absolute atomic E-state index is 0.747. The fourth-order valence-corrected chi connectivity index (χ4v) is 2.14. The highest BCUT2D eigenvalue weighted by molar-refractivity contribution is 5.80. The van der Waals surface area contributed by atoms with Gasteiger partial charge < -0.3 is 10.5 Å². The normalized spacial score (nSPS) is 10.2. The van der Waals surface area contributed by atoms with Crippen LogP contribution in [-0.2, 0) is 0 Å². The summed E-state index contributed by atoms with van der Waals surface area (Å²) in [5.41, 5.74) is 8.79. The Morgan fingerprint density at radius 2 is 1.20 bits per heavy atom. The Kier molecular flexibility index (Phi) is 3.38. The molecule has 0 heterocycles. The van der Waals surface area contributed by atoms with Crippen molar-refractivity contribution < 1.29 is 4.74 Å². The van der Waals surface area contributed by atoms with Crippen LogP contribution in [0.3, 0.4) is 0 Å². The predicted octanol–water partition coefficient (Wildman–Crippen LogP) is 4.73. The van der Waals surface area contributed by atoms with Crippen molar-refractivity contribution in [2.24, 2.45) is 0 Å². The van der Waals surface area contributed by atoms with Gasteiger partial charge in [0.05, 0.1) is 0 Å². The topological polar surface area (TPSA) is 35.2 Å². The zero-order valence-electron chi connectivity index (χ0n) is 11.0. The summed E-state index contributed by atoms with van der Waals surface area (Å²) in [6, 6.07) is 25.5. The van der Waals surface area contributed by atoms with Gasteiger partial charge in [0.15, 0.2) is 0 Å². The molecule has 0 aliphatic heterocycles. The fraction of sp³-hybridized carbons (Fsp3) is 0. The van der Waals surface area contributed by atoms with Crippen molar-refractivity contribution in [2.45, 2.75) is 0 Å². The lowest BCUT2D eigenvalue weighted by atomic mass is 10.0. The third-order valence-corrected chi connectivity index (χ3v) is 3.11. The summed E-state index contributed by atoms with van der Waals surface area (Å²) < 4.78 is 5.96. The van der Waals surface area contributed by atoms with E-state index in [1.165, 1.54) is 0 Å². The van der Waals surface area contributed by atoms with E-state index in [1.54, 1.807) is 0 Å². The molecular weight excluding hydrogens is 246 g/mol. The molecule has 0 radical (unpaired) electrons. The summed E-state index contributed by atoms with van der Waals surface area (Å²) in [6.45, 7) is 0. The van der Waals surface area contributed by atoms with Gasteiger partial charge in [0, 0.05) is 16.8 Å². The molecule has 0 bridgehead atoms. The van der Waals surface area contributed by atoms with E-state index in [1.807, 2.05) is 78.9 Å². The van der Waals surface area contributed by atoms with Crippen LogP contribution < -0.4 is 10.5 Å². The lowest BCUT2D eigenvalue weighted by Gasteiger charge is -2.12. The van der Waals surface area contributed by atoms with Crippen LogP contribution in [0.25, 0.3) is 11.1 Å². The Labute approximate surface area is 118 Å². The van der Waals surface area contributed by atoms with Gasteiger partial charge in [-0.15, -0.1) is 0 Å². The highest BCUT2D eigenvalue weighted by Crippen LogP contribution is 2.35. The van der Waals surface area contributed by atoms with E-state index in [-0.39, 0.29) is 0 Å². The Morgan fingerprint density at radius 1 is 0.600 bits per heavy atom. The Balaban J connectivity index is 2.03. The van der Waals surface area contributed by atoms with E-state index >= 15 is 0 Å². The molecular formula is C18H15NO. The molecule has 0 unspecified atom stereocenters. The van der Waals surface area contributed by atoms with Crippen molar-refractivity contribution in [3.8, 4) is 22.6 Å². The van der Waals surface area contributed by atoms with Crippen LogP contribution in [0.4, 0.5) is 5.69 Å². The van der Waals surface area contributed by atoms with Crippen LogP contribution >= 0.6 is 0 Å². The number of benzene rings is 3. The minimum Gasteiger partial charge on any atom is -0.457 e. The van der Waals surface area contributed by atoms with Crippen LogP contribution in [0.5, 0.6) is 11.5 Å². The molecule has 0 aliphatic carbocycles. The predicted molar refractivity (Wildman–Crippen MR) is 82.8 cm³/mol. The van der Waals surface area contributed by atoms with Crippen molar-refractivity contribution in [3.63, 3.8) is 0 Å². The van der Waals surface area contributed by atoms with Gasteiger partial charge in [-0.3, -0.25) is 0 Å². The maximum absolute atomic E-state index is 6.06. The molecule has 0 spiro atoms. The van der Waals surface area contributed by atoms with Crippen molar-refractivity contribution >= 4 is 5.69 Å². The Hall–Kier alpha value is -2.74. The highest BCUT2D eigenvalue weighted by atomic mass is 16.5. The monoisotopic (exact) mass is 261 g/mol. The smallest absolute Gasteiger partial charge is 0.135 e. The van der Waals surface area contributed by atoms with E-state index in [4.69, 9.17) is 10.5 Å². The average molecular weight is 261 g/mol. The summed E-state index contributed by atoms with van der Waals surface area (Å²) in [7, 11) is 0. The summed E-state index contributed by atoms with van der Waals surface area (Å²) >= 11 is 0. The van der Waals surface area contributed by atoms with Gasteiger partial charge in [0.25, 0.3) is 0 Å². The third-order valence-electron chi connectivity index (χ3n) is 3.11. The molecule has 0 aliphatic rings. The first-order valence-corrected chi connectivity index (χ1v) is 6.51. The first-order chi connectivity index (χ1) is 9.84. The maximum atomic E-state index is 6.06. The molecule has 0 saturated carbocycles. The van der Waals surface area contributed by atoms with Gasteiger partial charge in [-0.2, -0.15) is 0 Å². The number of hydrogen-bond donors (Lipinski definition) is 1. The molecule has 3 rings (SSSR count). The van der Waals surface area contributed by atoms with E-state index in [9.17, 15) is 0 Å². The number of rotatable bonds is 3. The minimum atomic E-state index is 0.747. The largest absolute Gasteiger partial charge is 0.457 e. The van der Waals surface area contributed by atoms with E-state index in [0.717, 1.165) is 28.3 Å². The molecule has 0 aromatic heterocycles. The molecule has 0 saturated heterocycles. The van der Waals surface area contributed by atoms with Gasteiger partial charge in [-0.1, -0.05) is 54.6 Å². The number of hydrogen-bond acceptors (Lipinski definition) is 2. The molecule has 20 heavy (non-hydrogen) atoms. The zero-order valence-corrected chi connectivity index (χ0v) is 11.0. The van der Waals surface area contributed by atoms with Crippen molar-refractivity contribution in [1.29, 1.82) is 0 Å². The molecule has 0 atom stereocenters. The molecule has 3 aromatic rings. The van der Waals surface area contributed by atoms with Gasteiger partial charge in [-0.25, -0.2) is 0 Å². The standard InChI is InChI=1S/C18H15NO/c19-17-12-6-4-10-15(17)16-11-5-7-13-18(16)20-14-8-2-1-3-9-14/h1-13H,19H2. The summed E-state index contributed by atoms with van der Waals surface area (Å²) in [5.74, 6) is 1.62. The van der Waals surface area contributed by atoms with Crippen LogP contribution in [0.1, 0.15) is 0 Å². The second kappa shape index (κ2) is 5.49. The SMILES string of the molecule is Nc1ccccc1-c1ccccc1Oc1ccccc1. The fourth-order valence-electron chi connectivity index (χ4n) is 2.14. The number of ether oxygens (including phenoxy) is 1. The quantitative estimate of drug-likeness (QED) is 0.692. The lowest BCUT2D eigenvalue weighted by Crippen LogP contribution is -1.92. The van der Waals surface area contributed by atoms with Crippen molar-refractivity contribution in [2.75, 3.05) is 5.73 Å². The summed E-state index contributed by atoms with van der Waals surface area (Å²) in [6.07, 6.45) is 0. The van der Waals surface area contributed by atoms with Crippen LogP contribution in [-0.4, -0.2) is 0 Å². The number of nitrogens with two attached hydrogens (primary N) is 1. The second-order valence-electron chi connectivity index (χ2n) is 4.50. The van der Waals surface area contributed by atoms with Crippen LogP contribution in [0, 0.1) is 0 Å². The molecule has 0 fully saturated rings. The first-order valence-electron chi connectivity index (χ1n) is 6.51. The van der Waals surface area contributed by atoms with E-state index < -0.39 is 0 Å². The molecule has 98 valence electrons. The second-order valence-corrected chi connectivity index (χ2v) is 4.50. The molecule has 3 aromatic carbocycles. The number of para-hydroxylation sites is 3. The van der Waals surface area contributed by atoms with Crippen molar-refractivity contribution in [3.05, 3.63) is 78.9 Å². The number of anilines is 1. The molecule has 2 N–H and O–H groups in total. The Morgan fingerprint density at radius 3 is 1.95 bits per heavy atom. The summed E-state index contributed by atoms with van der Waals surface area (Å²) in [5, 5.41) is 0. The Bertz CT molecular complexity index is 707. The molecule has 0 amide bonds. The van der Waals surface area contributed by atoms with E-state index in [0.29, 0.717) is 0 Å². The van der Waals surface area contributed by atoms with Crippen LogP contribution in [0.15, 0.2) is 78.9 Å². The first kappa shape index (κ1) is 12.3. The summed E-state index contributed by atoms with van der Waals surface area (Å²) in [4.78, 5) is 0. The van der Waals surface area contributed by atoms with Gasteiger partial charge >= 0.3 is 0 Å². The van der Waals surface area contributed by atoms with Crippen LogP contribution in [0.2, 0.25) is 0 Å². The zero-order chi connectivity index (χ0) is 13.8. The molecule has 2 nitrogen and oxygen atoms in total. The van der Waals surface area contributed by atoms with Gasteiger partial charge in [-0.05, 0) is 24.3 Å². The van der Waals surface area contributed by atoms with Gasteiger partial charge in [0.2, 0.25) is 0 Å². The van der Waals surface area contributed by atoms with E-state index in [2.05, 4.69) is 0 Å². The third kappa shape index (κ3) is 2.50. The van der Waals surface area contributed by atoms with Crippen molar-refractivity contribution in [1.82, 2.24) is 0 Å². The average Bonchev–Trinajstić information content (AvgIpc) is 2.50. The van der Waals surface area contributed by atoms with Gasteiger partial charge in [0.1, 0.15) is 11.5 Å². The lowest BCUT2D eigenvalue weighted by molar-refractivity contribution is 0.484. The highest BCUT2D eigenvalue weighted by Gasteiger charge is 2.08.